The van der Waals surface area contributed by atoms with Gasteiger partial charge in [-0.1, -0.05) is 160 Å². The Hall–Kier alpha value is -3.58. The van der Waals surface area contributed by atoms with Crippen molar-refractivity contribution < 1.29 is 4.74 Å². The molecule has 0 saturated heterocycles. The van der Waals surface area contributed by atoms with Gasteiger partial charge in [0.25, 0.3) is 0 Å². The summed E-state index contributed by atoms with van der Waals surface area (Å²) in [6.07, 6.45) is 1.78. The fraction of sp³-hybridized carbons (Fsp3) is 0.350. The highest BCUT2D eigenvalue weighted by molar-refractivity contribution is 5.61. The lowest BCUT2D eigenvalue weighted by molar-refractivity contribution is 0.363. The van der Waals surface area contributed by atoms with E-state index in [1.165, 1.54) is 38.9 Å². The molecule has 0 N–H and O–H groups in total. The van der Waals surface area contributed by atoms with Gasteiger partial charge in [-0.2, -0.15) is 0 Å². The van der Waals surface area contributed by atoms with Crippen molar-refractivity contribution in [1.29, 1.82) is 0 Å². The number of hydrogen-bond acceptors (Lipinski definition) is 1. The maximum Gasteiger partial charge on any atom is 0.119 e. The monoisotopic (exact) mass is 544 g/mol. The van der Waals surface area contributed by atoms with Gasteiger partial charge in [-0.3, -0.25) is 0 Å². The Balaban J connectivity index is 2.05. The van der Waals surface area contributed by atoms with Crippen LogP contribution in [-0.2, 0) is 21.7 Å². The van der Waals surface area contributed by atoms with Crippen LogP contribution in [0.3, 0.4) is 0 Å². The van der Waals surface area contributed by atoms with Crippen LogP contribution in [-0.4, -0.2) is 6.61 Å². The second-order valence-electron chi connectivity index (χ2n) is 14.4. The molecular weight excluding hydrogens is 496 g/mol. The molecule has 4 rings (SSSR count). The van der Waals surface area contributed by atoms with Crippen molar-refractivity contribution in [3.8, 4) is 5.75 Å². The molecule has 0 spiro atoms. The lowest BCUT2D eigenvalue weighted by atomic mass is 9.64. The maximum atomic E-state index is 5.88. The summed E-state index contributed by atoms with van der Waals surface area (Å²) < 4.78 is 5.88. The molecular formula is C40H48O. The Morgan fingerprint density at radius 3 is 0.927 bits per heavy atom. The highest BCUT2D eigenvalue weighted by atomic mass is 16.5. The van der Waals surface area contributed by atoms with Gasteiger partial charge in [0.15, 0.2) is 0 Å². The second kappa shape index (κ2) is 11.4. The number of rotatable bonds is 7. The van der Waals surface area contributed by atoms with E-state index in [0.717, 1.165) is 5.75 Å². The quantitative estimate of drug-likeness (QED) is 0.166. The van der Waals surface area contributed by atoms with Crippen molar-refractivity contribution in [2.24, 2.45) is 0 Å². The first-order valence-electron chi connectivity index (χ1n) is 14.8. The summed E-state index contributed by atoms with van der Waals surface area (Å²) in [5.41, 5.74) is 8.65. The molecule has 0 radical (unpaired) electrons. The molecule has 1 nitrogen and oxygen atoms in total. The average Bonchev–Trinajstić information content (AvgIpc) is 2.92. The van der Waals surface area contributed by atoms with Crippen molar-refractivity contribution in [3.63, 3.8) is 0 Å². The van der Waals surface area contributed by atoms with Gasteiger partial charge in [-0.15, -0.1) is 0 Å². The van der Waals surface area contributed by atoms with Gasteiger partial charge in [-0.25, -0.2) is 0 Å². The van der Waals surface area contributed by atoms with Crippen molar-refractivity contribution in [2.75, 3.05) is 6.61 Å². The third-order valence-electron chi connectivity index (χ3n) is 8.21. The molecule has 0 aliphatic carbocycles. The standard InChI is InChI=1S/C40H48O/c1-11-28-41-36-26-24-35(25-27-36)40(32-18-12-29(13-19-32)37(2,3)4,33-20-14-30(15-21-33)38(5,6)7)34-22-16-31(17-23-34)39(8,9)10/h11-27H,1,28H2,2-10H3. The zero-order valence-corrected chi connectivity index (χ0v) is 26.6. The Morgan fingerprint density at radius 1 is 0.439 bits per heavy atom. The second-order valence-corrected chi connectivity index (χ2v) is 14.4. The van der Waals surface area contributed by atoms with Gasteiger partial charge in [-0.05, 0) is 67.3 Å². The Morgan fingerprint density at radius 2 is 0.683 bits per heavy atom. The highest BCUT2D eigenvalue weighted by Gasteiger charge is 2.39. The van der Waals surface area contributed by atoms with E-state index in [0.29, 0.717) is 6.61 Å². The van der Waals surface area contributed by atoms with Crippen molar-refractivity contribution in [1.82, 2.24) is 0 Å². The Labute approximate surface area is 249 Å². The summed E-state index contributed by atoms with van der Waals surface area (Å²) in [6, 6.07) is 36.4. The summed E-state index contributed by atoms with van der Waals surface area (Å²) in [6.45, 7) is 24.7. The van der Waals surface area contributed by atoms with E-state index in [1.807, 2.05) is 0 Å². The minimum atomic E-state index is -0.514. The smallest absolute Gasteiger partial charge is 0.119 e. The molecule has 4 aromatic rings. The van der Waals surface area contributed by atoms with Crippen LogP contribution in [0, 0.1) is 0 Å². The van der Waals surface area contributed by atoms with E-state index in [1.54, 1.807) is 6.08 Å². The van der Waals surface area contributed by atoms with Crippen LogP contribution in [0.25, 0.3) is 0 Å². The van der Waals surface area contributed by atoms with Crippen LogP contribution in [0.15, 0.2) is 110 Å². The molecule has 0 heterocycles. The van der Waals surface area contributed by atoms with Gasteiger partial charge >= 0.3 is 0 Å². The van der Waals surface area contributed by atoms with Gasteiger partial charge in [0, 0.05) is 0 Å². The van der Waals surface area contributed by atoms with Crippen molar-refractivity contribution >= 4 is 0 Å². The minimum Gasteiger partial charge on any atom is -0.490 e. The van der Waals surface area contributed by atoms with E-state index < -0.39 is 5.41 Å². The largest absolute Gasteiger partial charge is 0.490 e. The van der Waals surface area contributed by atoms with Crippen LogP contribution in [0.5, 0.6) is 5.75 Å². The van der Waals surface area contributed by atoms with E-state index in [2.05, 4.69) is 166 Å². The number of hydrogen-bond donors (Lipinski definition) is 0. The van der Waals surface area contributed by atoms with E-state index >= 15 is 0 Å². The molecule has 0 fully saturated rings. The van der Waals surface area contributed by atoms with Gasteiger partial charge in [0.2, 0.25) is 0 Å². The van der Waals surface area contributed by atoms with Gasteiger partial charge < -0.3 is 4.74 Å². The predicted molar refractivity (Wildman–Crippen MR) is 177 cm³/mol. The fourth-order valence-electron chi connectivity index (χ4n) is 5.62. The molecule has 0 saturated carbocycles. The fourth-order valence-corrected chi connectivity index (χ4v) is 5.62. The van der Waals surface area contributed by atoms with Gasteiger partial charge in [0.1, 0.15) is 12.4 Å². The molecule has 4 aromatic carbocycles. The molecule has 0 amide bonds. The van der Waals surface area contributed by atoms with Crippen LogP contribution in [0.1, 0.15) is 101 Å². The third kappa shape index (κ3) is 6.35. The minimum absolute atomic E-state index is 0.0774. The first-order chi connectivity index (χ1) is 19.2. The molecule has 0 aliphatic rings. The molecule has 0 unspecified atom stereocenters. The average molecular weight is 545 g/mol. The zero-order chi connectivity index (χ0) is 30.1. The predicted octanol–water partition coefficient (Wildman–Crippen LogP) is 10.5. The van der Waals surface area contributed by atoms with Crippen LogP contribution >= 0.6 is 0 Å². The van der Waals surface area contributed by atoms with E-state index in [9.17, 15) is 0 Å². The lowest BCUT2D eigenvalue weighted by Crippen LogP contribution is -2.31. The summed E-state index contributed by atoms with van der Waals surface area (Å²) in [4.78, 5) is 0. The zero-order valence-electron chi connectivity index (χ0n) is 26.6. The van der Waals surface area contributed by atoms with E-state index in [-0.39, 0.29) is 16.2 Å². The van der Waals surface area contributed by atoms with Crippen molar-refractivity contribution in [3.05, 3.63) is 149 Å². The number of benzene rings is 4. The summed E-state index contributed by atoms with van der Waals surface area (Å²) in [5.74, 6) is 0.844. The van der Waals surface area contributed by atoms with Crippen LogP contribution in [0.4, 0.5) is 0 Å². The number of ether oxygens (including phenoxy) is 1. The lowest BCUT2D eigenvalue weighted by Gasteiger charge is -2.38. The highest BCUT2D eigenvalue weighted by Crippen LogP contribution is 2.46. The third-order valence-corrected chi connectivity index (χ3v) is 8.21. The molecule has 41 heavy (non-hydrogen) atoms. The summed E-state index contributed by atoms with van der Waals surface area (Å²) in [5, 5.41) is 0. The Bertz CT molecular complexity index is 1290. The first kappa shape index (κ1) is 30.4. The molecule has 0 atom stereocenters. The van der Waals surface area contributed by atoms with E-state index in [4.69, 9.17) is 4.74 Å². The molecule has 0 aliphatic heterocycles. The molecule has 214 valence electrons. The Kier molecular flexibility index (Phi) is 8.42. The van der Waals surface area contributed by atoms with Crippen molar-refractivity contribution in [2.45, 2.75) is 84.0 Å². The molecule has 0 aromatic heterocycles. The summed E-state index contributed by atoms with van der Waals surface area (Å²) >= 11 is 0. The van der Waals surface area contributed by atoms with Gasteiger partial charge in [0.05, 0.1) is 5.41 Å². The molecule has 1 heteroatoms. The molecule has 0 bridgehead atoms. The summed E-state index contributed by atoms with van der Waals surface area (Å²) in [7, 11) is 0. The van der Waals surface area contributed by atoms with Crippen LogP contribution < -0.4 is 4.74 Å². The van der Waals surface area contributed by atoms with Crippen LogP contribution in [0.2, 0.25) is 0 Å². The SMILES string of the molecule is C=CCOc1ccc(C(c2ccc(C(C)(C)C)cc2)(c2ccc(C(C)(C)C)cc2)c2ccc(C(C)(C)C)cc2)cc1. The normalized spacial score (nSPS) is 12.7. The first-order valence-corrected chi connectivity index (χ1v) is 14.8. The maximum absolute atomic E-state index is 5.88. The topological polar surface area (TPSA) is 9.23 Å².